The largest absolute Gasteiger partial charge is 0.456 e. The molecule has 23 heavy (non-hydrogen) atoms. The zero-order chi connectivity index (χ0) is 16.4. The maximum atomic E-state index is 12.6. The highest BCUT2D eigenvalue weighted by atomic mass is 35.5. The van der Waals surface area contributed by atoms with E-state index in [1.165, 1.54) is 0 Å². The third-order valence-corrected chi connectivity index (χ3v) is 4.24. The van der Waals surface area contributed by atoms with Crippen LogP contribution in [-0.2, 0) is 6.54 Å². The lowest BCUT2D eigenvalue weighted by Gasteiger charge is -2.14. The molecule has 0 unspecified atom stereocenters. The Morgan fingerprint density at radius 3 is 2.74 bits per heavy atom. The van der Waals surface area contributed by atoms with Crippen LogP contribution in [0, 0.1) is 0 Å². The minimum absolute atomic E-state index is 0.0563. The first-order chi connectivity index (χ1) is 11.1. The molecule has 2 aromatic carbocycles. The van der Waals surface area contributed by atoms with Crippen molar-refractivity contribution in [3.63, 3.8) is 0 Å². The summed E-state index contributed by atoms with van der Waals surface area (Å²) in [4.78, 5) is 12.6. The molecule has 0 fully saturated rings. The fourth-order valence-corrected chi connectivity index (χ4v) is 2.75. The van der Waals surface area contributed by atoms with Gasteiger partial charge in [0.1, 0.15) is 11.2 Å². The van der Waals surface area contributed by atoms with Gasteiger partial charge in [0.05, 0.1) is 17.4 Å². The van der Waals surface area contributed by atoms with Gasteiger partial charge in [-0.15, -0.1) is 0 Å². The lowest BCUT2D eigenvalue weighted by molar-refractivity contribution is 0.238. The summed E-state index contributed by atoms with van der Waals surface area (Å²) in [6.45, 7) is 2.70. The van der Waals surface area contributed by atoms with Crippen molar-refractivity contribution in [2.75, 3.05) is 6.61 Å². The highest BCUT2D eigenvalue weighted by molar-refractivity contribution is 6.31. The Hall–Kier alpha value is -1.88. The van der Waals surface area contributed by atoms with Gasteiger partial charge in [0.15, 0.2) is 0 Å². The molecule has 0 aliphatic carbocycles. The van der Waals surface area contributed by atoms with Gasteiger partial charge in [0.2, 0.25) is 5.43 Å². The highest BCUT2D eigenvalue weighted by Gasteiger charge is 2.10. The molecule has 0 aliphatic rings. The Balaban J connectivity index is 2.02. The number of nitrogens with one attached hydrogen (secondary N) is 1. The molecule has 3 aromatic rings. The minimum Gasteiger partial charge on any atom is -0.456 e. The molecule has 1 atom stereocenters. The average molecular weight is 332 g/mol. The molecule has 5 heteroatoms. The number of hydrogen-bond acceptors (Lipinski definition) is 4. The van der Waals surface area contributed by atoms with Gasteiger partial charge in [-0.1, -0.05) is 24.6 Å². The van der Waals surface area contributed by atoms with Crippen LogP contribution in [0.5, 0.6) is 0 Å². The molecule has 1 heterocycles. The van der Waals surface area contributed by atoms with Gasteiger partial charge in [-0.2, -0.15) is 0 Å². The number of fused-ring (bicyclic) bond motifs is 2. The molecule has 0 bridgehead atoms. The van der Waals surface area contributed by atoms with E-state index in [1.54, 1.807) is 24.3 Å². The Morgan fingerprint density at radius 1 is 1.17 bits per heavy atom. The summed E-state index contributed by atoms with van der Waals surface area (Å²) in [5.74, 6) is 0. The summed E-state index contributed by atoms with van der Waals surface area (Å²) >= 11 is 5.96. The van der Waals surface area contributed by atoms with E-state index in [-0.39, 0.29) is 18.1 Å². The fourth-order valence-electron chi connectivity index (χ4n) is 2.59. The highest BCUT2D eigenvalue weighted by Crippen LogP contribution is 2.22. The molecule has 3 rings (SSSR count). The maximum absolute atomic E-state index is 12.6. The normalized spacial score (nSPS) is 12.8. The number of aliphatic hydroxyl groups excluding tert-OH is 1. The number of rotatable bonds is 5. The fraction of sp³-hybridized carbons (Fsp3) is 0.278. The van der Waals surface area contributed by atoms with Crippen LogP contribution >= 0.6 is 11.6 Å². The number of halogens is 1. The van der Waals surface area contributed by atoms with Gasteiger partial charge in [-0.05, 0) is 36.2 Å². The SMILES string of the molecule is CC[C@H](CO)NCc1ccc2oc3cc(Cl)ccc3c(=O)c2c1. The molecule has 0 spiro atoms. The first kappa shape index (κ1) is 16.0. The summed E-state index contributed by atoms with van der Waals surface area (Å²) in [6, 6.07) is 10.6. The smallest absolute Gasteiger partial charge is 0.200 e. The van der Waals surface area contributed by atoms with Crippen LogP contribution in [-0.4, -0.2) is 17.8 Å². The molecule has 4 nitrogen and oxygen atoms in total. The molecule has 0 aliphatic heterocycles. The van der Waals surface area contributed by atoms with Crippen LogP contribution in [0.25, 0.3) is 21.9 Å². The number of benzene rings is 2. The van der Waals surface area contributed by atoms with Crippen molar-refractivity contribution < 1.29 is 9.52 Å². The van der Waals surface area contributed by atoms with Crippen molar-refractivity contribution >= 4 is 33.5 Å². The lowest BCUT2D eigenvalue weighted by Crippen LogP contribution is -2.31. The standard InChI is InChI=1S/C18H18ClNO3/c1-2-13(10-21)20-9-11-3-6-16-15(7-11)18(22)14-5-4-12(19)8-17(14)23-16/h3-8,13,20-21H,2,9-10H2,1H3/t13-/m1/s1. The van der Waals surface area contributed by atoms with Gasteiger partial charge in [0, 0.05) is 23.7 Å². The predicted molar refractivity (Wildman–Crippen MR) is 93.0 cm³/mol. The van der Waals surface area contributed by atoms with E-state index in [2.05, 4.69) is 5.32 Å². The number of aliphatic hydroxyl groups is 1. The monoisotopic (exact) mass is 331 g/mol. The topological polar surface area (TPSA) is 62.5 Å². The Bertz CT molecular complexity index is 900. The van der Waals surface area contributed by atoms with Crippen molar-refractivity contribution in [2.45, 2.75) is 25.9 Å². The second-order valence-electron chi connectivity index (χ2n) is 5.57. The third-order valence-electron chi connectivity index (χ3n) is 4.00. The van der Waals surface area contributed by atoms with Gasteiger partial charge in [-0.3, -0.25) is 4.79 Å². The van der Waals surface area contributed by atoms with E-state index < -0.39 is 0 Å². The molecule has 0 saturated carbocycles. The van der Waals surface area contributed by atoms with Crippen LogP contribution < -0.4 is 10.7 Å². The lowest BCUT2D eigenvalue weighted by atomic mass is 10.1. The first-order valence-corrected chi connectivity index (χ1v) is 7.99. The van der Waals surface area contributed by atoms with E-state index in [1.807, 2.05) is 19.1 Å². The molecule has 0 radical (unpaired) electrons. The van der Waals surface area contributed by atoms with Crippen molar-refractivity contribution in [1.29, 1.82) is 0 Å². The summed E-state index contributed by atoms with van der Waals surface area (Å²) in [5, 5.41) is 14.1. The molecular formula is C18H18ClNO3. The summed E-state index contributed by atoms with van der Waals surface area (Å²) in [7, 11) is 0. The molecular weight excluding hydrogens is 314 g/mol. The molecule has 0 amide bonds. The van der Waals surface area contributed by atoms with Gasteiger partial charge < -0.3 is 14.8 Å². The molecule has 0 saturated heterocycles. The molecule has 120 valence electrons. The van der Waals surface area contributed by atoms with Crippen molar-refractivity contribution in [3.8, 4) is 0 Å². The summed E-state index contributed by atoms with van der Waals surface area (Å²) in [5.41, 5.74) is 1.95. The van der Waals surface area contributed by atoms with E-state index in [4.69, 9.17) is 16.0 Å². The van der Waals surface area contributed by atoms with Crippen LogP contribution in [0.1, 0.15) is 18.9 Å². The van der Waals surface area contributed by atoms with Crippen molar-refractivity contribution in [2.24, 2.45) is 0 Å². The summed E-state index contributed by atoms with van der Waals surface area (Å²) in [6.07, 6.45) is 0.845. The van der Waals surface area contributed by atoms with Gasteiger partial charge in [0.25, 0.3) is 0 Å². The van der Waals surface area contributed by atoms with E-state index in [0.717, 1.165) is 12.0 Å². The van der Waals surface area contributed by atoms with Gasteiger partial charge in [-0.25, -0.2) is 0 Å². The van der Waals surface area contributed by atoms with E-state index in [0.29, 0.717) is 33.5 Å². The maximum Gasteiger partial charge on any atom is 0.200 e. The van der Waals surface area contributed by atoms with E-state index in [9.17, 15) is 9.90 Å². The number of hydrogen-bond donors (Lipinski definition) is 2. The van der Waals surface area contributed by atoms with Crippen LogP contribution in [0.2, 0.25) is 5.02 Å². The van der Waals surface area contributed by atoms with Crippen LogP contribution in [0.4, 0.5) is 0 Å². The van der Waals surface area contributed by atoms with Crippen molar-refractivity contribution in [3.05, 3.63) is 57.2 Å². The first-order valence-electron chi connectivity index (χ1n) is 7.61. The van der Waals surface area contributed by atoms with Crippen LogP contribution in [0.15, 0.2) is 45.6 Å². The van der Waals surface area contributed by atoms with E-state index >= 15 is 0 Å². The Labute approximate surface area is 138 Å². The van der Waals surface area contributed by atoms with Crippen molar-refractivity contribution in [1.82, 2.24) is 5.32 Å². The minimum atomic E-state index is -0.0611. The predicted octanol–water partition coefficient (Wildman–Crippen LogP) is 3.46. The second-order valence-corrected chi connectivity index (χ2v) is 6.01. The summed E-state index contributed by atoms with van der Waals surface area (Å²) < 4.78 is 5.79. The second kappa shape index (κ2) is 6.71. The Kier molecular flexibility index (Phi) is 4.66. The Morgan fingerprint density at radius 2 is 2.00 bits per heavy atom. The van der Waals surface area contributed by atoms with Gasteiger partial charge >= 0.3 is 0 Å². The molecule has 1 aromatic heterocycles. The average Bonchev–Trinajstić information content (AvgIpc) is 2.56. The zero-order valence-electron chi connectivity index (χ0n) is 12.8. The quantitative estimate of drug-likeness (QED) is 0.703. The zero-order valence-corrected chi connectivity index (χ0v) is 13.6. The molecule has 2 N–H and O–H groups in total. The third kappa shape index (κ3) is 3.24. The van der Waals surface area contributed by atoms with Crippen LogP contribution in [0.3, 0.4) is 0 Å².